The van der Waals surface area contributed by atoms with Crippen molar-refractivity contribution >= 4 is 34.9 Å². The van der Waals surface area contributed by atoms with Gasteiger partial charge in [0.05, 0.1) is 10.6 Å². The Morgan fingerprint density at radius 2 is 2.00 bits per heavy atom. The third-order valence-electron chi connectivity index (χ3n) is 6.15. The van der Waals surface area contributed by atoms with Gasteiger partial charge < -0.3 is 15.3 Å². The standard InChI is InChI=1S/C25H21ClFN5O3/c1-14-22(31-11-17(12-31)15-5-3-2-4-6-15)30-23-16(7-19(27)13-32(23)24(14)33)9-28-21-20(25(34)35)8-18(26)10-29-21/h2-8,10,13,17H,9,11-12H2,1H3,(H,28,29)(H,34,35). The van der Waals surface area contributed by atoms with E-state index in [0.29, 0.717) is 28.5 Å². The predicted molar refractivity (Wildman–Crippen MR) is 131 cm³/mol. The maximum atomic E-state index is 14.4. The van der Waals surface area contributed by atoms with Crippen LogP contribution in [0.2, 0.25) is 5.02 Å². The Balaban J connectivity index is 1.48. The first-order chi connectivity index (χ1) is 16.8. The Kier molecular flexibility index (Phi) is 5.86. The molecule has 0 bridgehead atoms. The van der Waals surface area contributed by atoms with Crippen molar-refractivity contribution in [1.82, 2.24) is 14.4 Å². The first-order valence-electron chi connectivity index (χ1n) is 11.0. The van der Waals surface area contributed by atoms with Crippen LogP contribution in [-0.4, -0.2) is 38.5 Å². The topological polar surface area (TPSA) is 99.8 Å². The summed E-state index contributed by atoms with van der Waals surface area (Å²) < 4.78 is 15.6. The first kappa shape index (κ1) is 22.8. The molecular formula is C25H21ClFN5O3. The highest BCUT2D eigenvalue weighted by atomic mass is 35.5. The van der Waals surface area contributed by atoms with Gasteiger partial charge in [-0.25, -0.2) is 19.2 Å². The van der Waals surface area contributed by atoms with Crippen LogP contribution >= 0.6 is 11.6 Å². The summed E-state index contributed by atoms with van der Waals surface area (Å²) >= 11 is 5.87. The van der Waals surface area contributed by atoms with Crippen molar-refractivity contribution in [3.05, 3.63) is 98.3 Å². The summed E-state index contributed by atoms with van der Waals surface area (Å²) in [4.78, 5) is 35.5. The number of rotatable bonds is 6. The molecule has 0 spiro atoms. The number of nitrogens with zero attached hydrogens (tertiary/aromatic N) is 4. The summed E-state index contributed by atoms with van der Waals surface area (Å²) in [6.45, 7) is 3.13. The second-order valence-corrected chi connectivity index (χ2v) is 8.90. The number of hydrogen-bond acceptors (Lipinski definition) is 6. The summed E-state index contributed by atoms with van der Waals surface area (Å²) in [5, 5.41) is 12.5. The van der Waals surface area contributed by atoms with Crippen molar-refractivity contribution in [2.24, 2.45) is 0 Å². The molecule has 3 aromatic heterocycles. The van der Waals surface area contributed by atoms with E-state index in [1.54, 1.807) is 6.92 Å². The maximum Gasteiger partial charge on any atom is 0.339 e. The molecule has 0 unspecified atom stereocenters. The molecule has 4 heterocycles. The van der Waals surface area contributed by atoms with Gasteiger partial charge in [0.2, 0.25) is 0 Å². The molecule has 0 amide bonds. The van der Waals surface area contributed by atoms with E-state index in [0.717, 1.165) is 19.3 Å². The summed E-state index contributed by atoms with van der Waals surface area (Å²) in [6.07, 6.45) is 2.42. The van der Waals surface area contributed by atoms with Crippen LogP contribution in [0, 0.1) is 12.7 Å². The minimum atomic E-state index is -1.20. The summed E-state index contributed by atoms with van der Waals surface area (Å²) in [5.41, 5.74) is 1.87. The SMILES string of the molecule is Cc1c(N2CC(c3ccccc3)C2)nc2c(CNc3ncc(Cl)cc3C(=O)O)cc(F)cn2c1=O. The lowest BCUT2D eigenvalue weighted by atomic mass is 9.91. The average Bonchev–Trinajstić information content (AvgIpc) is 2.81. The van der Waals surface area contributed by atoms with Crippen LogP contribution in [0.1, 0.15) is 33.0 Å². The Morgan fingerprint density at radius 1 is 1.26 bits per heavy atom. The monoisotopic (exact) mass is 493 g/mol. The highest BCUT2D eigenvalue weighted by molar-refractivity contribution is 6.30. The number of nitrogens with one attached hydrogen (secondary N) is 1. The molecule has 1 fully saturated rings. The number of anilines is 2. The number of carboxylic acids is 1. The number of carbonyl (C=O) groups is 1. The molecule has 1 aromatic carbocycles. The fourth-order valence-electron chi connectivity index (χ4n) is 4.30. The average molecular weight is 494 g/mol. The van der Waals surface area contributed by atoms with Crippen molar-refractivity contribution < 1.29 is 14.3 Å². The molecule has 0 aliphatic carbocycles. The van der Waals surface area contributed by atoms with E-state index in [1.807, 2.05) is 23.1 Å². The van der Waals surface area contributed by atoms with Crippen LogP contribution in [0.25, 0.3) is 5.65 Å². The zero-order chi connectivity index (χ0) is 24.7. The quantitative estimate of drug-likeness (QED) is 0.417. The van der Waals surface area contributed by atoms with Crippen molar-refractivity contribution in [3.63, 3.8) is 0 Å². The molecule has 0 radical (unpaired) electrons. The lowest BCUT2D eigenvalue weighted by Gasteiger charge is -2.41. The van der Waals surface area contributed by atoms with Crippen LogP contribution < -0.4 is 15.8 Å². The summed E-state index contributed by atoms with van der Waals surface area (Å²) in [5.74, 6) is -0.834. The molecule has 4 aromatic rings. The molecule has 10 heteroatoms. The van der Waals surface area contributed by atoms with Gasteiger partial charge in [-0.2, -0.15) is 0 Å². The fourth-order valence-corrected chi connectivity index (χ4v) is 4.45. The minimum Gasteiger partial charge on any atom is -0.478 e. The van der Waals surface area contributed by atoms with Gasteiger partial charge in [0.25, 0.3) is 5.56 Å². The van der Waals surface area contributed by atoms with Crippen LogP contribution in [0.15, 0.2) is 59.7 Å². The molecule has 1 saturated heterocycles. The fraction of sp³-hybridized carbons (Fsp3) is 0.200. The van der Waals surface area contributed by atoms with Crippen molar-refractivity contribution in [2.75, 3.05) is 23.3 Å². The molecular weight excluding hydrogens is 473 g/mol. The van der Waals surface area contributed by atoms with E-state index in [-0.39, 0.29) is 28.5 Å². The molecule has 5 rings (SSSR count). The van der Waals surface area contributed by atoms with Crippen LogP contribution in [-0.2, 0) is 6.54 Å². The van der Waals surface area contributed by atoms with Gasteiger partial charge in [-0.05, 0) is 24.6 Å². The third-order valence-corrected chi connectivity index (χ3v) is 6.36. The minimum absolute atomic E-state index is 0.00223. The highest BCUT2D eigenvalue weighted by Crippen LogP contribution is 2.32. The van der Waals surface area contributed by atoms with Crippen molar-refractivity contribution in [1.29, 1.82) is 0 Å². The summed E-state index contributed by atoms with van der Waals surface area (Å²) in [7, 11) is 0. The molecule has 35 heavy (non-hydrogen) atoms. The maximum absolute atomic E-state index is 14.4. The van der Waals surface area contributed by atoms with E-state index in [4.69, 9.17) is 16.6 Å². The molecule has 2 N–H and O–H groups in total. The smallest absolute Gasteiger partial charge is 0.339 e. The van der Waals surface area contributed by atoms with Gasteiger partial charge in [-0.15, -0.1) is 0 Å². The van der Waals surface area contributed by atoms with Crippen LogP contribution in [0.4, 0.5) is 16.0 Å². The number of carboxylic acid groups (broad SMARTS) is 1. The molecule has 178 valence electrons. The zero-order valence-electron chi connectivity index (χ0n) is 18.7. The van der Waals surface area contributed by atoms with Crippen LogP contribution in [0.5, 0.6) is 0 Å². The Bertz CT molecular complexity index is 1500. The van der Waals surface area contributed by atoms with E-state index in [9.17, 15) is 19.1 Å². The van der Waals surface area contributed by atoms with E-state index in [1.165, 1.54) is 28.3 Å². The highest BCUT2D eigenvalue weighted by Gasteiger charge is 2.31. The number of hydrogen-bond donors (Lipinski definition) is 2. The Hall–Kier alpha value is -3.98. The predicted octanol–water partition coefficient (Wildman–Crippen LogP) is 4.10. The van der Waals surface area contributed by atoms with Gasteiger partial charge >= 0.3 is 5.97 Å². The largest absolute Gasteiger partial charge is 0.478 e. The van der Waals surface area contributed by atoms with Gasteiger partial charge in [0.1, 0.15) is 28.7 Å². The number of pyridine rings is 2. The first-order valence-corrected chi connectivity index (χ1v) is 11.3. The second-order valence-electron chi connectivity index (χ2n) is 8.46. The van der Waals surface area contributed by atoms with Crippen molar-refractivity contribution in [2.45, 2.75) is 19.4 Å². The number of aromatic nitrogens is 3. The third kappa shape index (κ3) is 4.30. The zero-order valence-corrected chi connectivity index (χ0v) is 19.5. The lowest BCUT2D eigenvalue weighted by Crippen LogP contribution is -2.46. The Labute approximate surface area is 204 Å². The Morgan fingerprint density at radius 3 is 2.71 bits per heavy atom. The second kappa shape index (κ2) is 8.99. The molecule has 8 nitrogen and oxygen atoms in total. The number of fused-ring (bicyclic) bond motifs is 1. The van der Waals surface area contributed by atoms with Gasteiger partial charge in [-0.1, -0.05) is 41.9 Å². The number of benzene rings is 1. The normalized spacial score (nSPS) is 13.6. The van der Waals surface area contributed by atoms with E-state index >= 15 is 0 Å². The molecule has 0 saturated carbocycles. The lowest BCUT2D eigenvalue weighted by molar-refractivity contribution is 0.0697. The van der Waals surface area contributed by atoms with Gasteiger partial charge in [-0.3, -0.25) is 9.20 Å². The van der Waals surface area contributed by atoms with Gasteiger partial charge in [0, 0.05) is 43.5 Å². The van der Waals surface area contributed by atoms with E-state index < -0.39 is 11.8 Å². The number of halogens is 2. The van der Waals surface area contributed by atoms with Crippen molar-refractivity contribution in [3.8, 4) is 0 Å². The summed E-state index contributed by atoms with van der Waals surface area (Å²) in [6, 6.07) is 12.7. The molecule has 1 aliphatic rings. The molecule has 0 atom stereocenters. The number of aromatic carboxylic acids is 1. The van der Waals surface area contributed by atoms with Gasteiger partial charge in [0.15, 0.2) is 0 Å². The van der Waals surface area contributed by atoms with Crippen LogP contribution in [0.3, 0.4) is 0 Å². The van der Waals surface area contributed by atoms with E-state index in [2.05, 4.69) is 22.4 Å². The molecule has 1 aliphatic heterocycles.